The Morgan fingerprint density at radius 2 is 2.11 bits per heavy atom. The van der Waals surface area contributed by atoms with E-state index in [1.54, 1.807) is 11.1 Å². The summed E-state index contributed by atoms with van der Waals surface area (Å²) in [4.78, 5) is 32.2. The SMILES string of the molecule is [C-]#[N+]CC(CN1CCCN(C(=O)c2ccc(Cl)cc2F)CC1)n1cc(-c2ncnc3[nH]ccc23)cn1. The van der Waals surface area contributed by atoms with Crippen molar-refractivity contribution < 1.29 is 9.18 Å². The second kappa shape index (κ2) is 10.4. The summed E-state index contributed by atoms with van der Waals surface area (Å²) in [6.07, 6.45) is 7.77. The molecule has 1 fully saturated rings. The molecule has 1 N–H and O–H groups in total. The highest BCUT2D eigenvalue weighted by atomic mass is 35.5. The normalized spacial score (nSPS) is 15.5. The van der Waals surface area contributed by atoms with Crippen LogP contribution < -0.4 is 0 Å². The minimum absolute atomic E-state index is 0.0315. The summed E-state index contributed by atoms with van der Waals surface area (Å²) in [7, 11) is 0. The van der Waals surface area contributed by atoms with Crippen molar-refractivity contribution in [2.45, 2.75) is 12.5 Å². The van der Waals surface area contributed by atoms with Crippen molar-refractivity contribution in [1.82, 2.24) is 34.5 Å². The number of halogens is 2. The van der Waals surface area contributed by atoms with Gasteiger partial charge in [-0.3, -0.25) is 14.4 Å². The van der Waals surface area contributed by atoms with Gasteiger partial charge in [0.1, 0.15) is 23.8 Å². The fourth-order valence-corrected chi connectivity index (χ4v) is 4.74. The summed E-state index contributed by atoms with van der Waals surface area (Å²) in [5.74, 6) is -0.942. The van der Waals surface area contributed by atoms with Gasteiger partial charge in [0.05, 0.1) is 17.5 Å². The van der Waals surface area contributed by atoms with Crippen LogP contribution in [-0.2, 0) is 0 Å². The zero-order valence-electron chi connectivity index (χ0n) is 19.4. The number of hydrogen-bond donors (Lipinski definition) is 1. The number of aromatic amines is 1. The molecular formula is C25H24ClFN8O. The third kappa shape index (κ3) is 4.94. The molecule has 36 heavy (non-hydrogen) atoms. The molecular weight excluding hydrogens is 483 g/mol. The van der Waals surface area contributed by atoms with Gasteiger partial charge in [-0.15, -0.1) is 0 Å². The number of nitrogens with zero attached hydrogens (tertiary/aromatic N) is 7. The zero-order chi connectivity index (χ0) is 25.1. The third-order valence-corrected chi connectivity index (χ3v) is 6.65. The molecule has 0 bridgehead atoms. The predicted octanol–water partition coefficient (Wildman–Crippen LogP) is 3.92. The van der Waals surface area contributed by atoms with Crippen LogP contribution in [0.5, 0.6) is 0 Å². The predicted molar refractivity (Wildman–Crippen MR) is 134 cm³/mol. The minimum Gasteiger partial charge on any atom is -0.346 e. The molecule has 1 aliphatic heterocycles. The van der Waals surface area contributed by atoms with Crippen LogP contribution in [0.2, 0.25) is 5.02 Å². The second-order valence-corrected chi connectivity index (χ2v) is 9.17. The summed E-state index contributed by atoms with van der Waals surface area (Å²) >= 11 is 5.83. The molecule has 1 unspecified atom stereocenters. The zero-order valence-corrected chi connectivity index (χ0v) is 20.2. The third-order valence-electron chi connectivity index (χ3n) is 6.41. The van der Waals surface area contributed by atoms with Crippen molar-refractivity contribution in [2.75, 3.05) is 39.3 Å². The number of H-pyrrole nitrogens is 1. The number of benzene rings is 1. The highest BCUT2D eigenvalue weighted by molar-refractivity contribution is 6.30. The minimum atomic E-state index is -0.610. The molecule has 0 aliphatic carbocycles. The molecule has 3 aromatic heterocycles. The number of carbonyl (C=O) groups is 1. The Morgan fingerprint density at radius 1 is 1.22 bits per heavy atom. The van der Waals surface area contributed by atoms with E-state index >= 15 is 0 Å². The summed E-state index contributed by atoms with van der Waals surface area (Å²) in [5, 5.41) is 5.72. The standard InChI is InChI=1S/C25H24ClFN8O/c1-28-13-19(35-14-17(12-32-35)23-21-5-6-29-24(21)31-16-30-23)15-33-7-2-8-34(10-9-33)25(36)20-4-3-18(26)11-22(20)27/h3-6,11-12,14,16,19H,2,7-10,13,15H2,(H,29,30,31). The van der Waals surface area contributed by atoms with E-state index in [4.69, 9.17) is 18.2 Å². The Labute approximate surface area is 212 Å². The van der Waals surface area contributed by atoms with Gasteiger partial charge in [-0.05, 0) is 37.2 Å². The van der Waals surface area contributed by atoms with E-state index in [0.717, 1.165) is 41.3 Å². The summed E-state index contributed by atoms with van der Waals surface area (Å²) < 4.78 is 16.1. The molecule has 1 atom stereocenters. The van der Waals surface area contributed by atoms with E-state index in [2.05, 4.69) is 29.8 Å². The maximum Gasteiger partial charge on any atom is 0.256 e. The molecule has 1 amide bonds. The van der Waals surface area contributed by atoms with E-state index in [0.29, 0.717) is 26.2 Å². The molecule has 4 aromatic rings. The molecule has 11 heteroatoms. The maximum absolute atomic E-state index is 14.3. The van der Waals surface area contributed by atoms with Crippen LogP contribution in [0.3, 0.4) is 0 Å². The fourth-order valence-electron chi connectivity index (χ4n) is 4.58. The van der Waals surface area contributed by atoms with E-state index in [1.807, 2.05) is 23.1 Å². The largest absolute Gasteiger partial charge is 0.346 e. The molecule has 5 rings (SSSR count). The van der Waals surface area contributed by atoms with Crippen LogP contribution in [0.4, 0.5) is 4.39 Å². The smallest absolute Gasteiger partial charge is 0.256 e. The Kier molecular flexibility index (Phi) is 6.93. The average molecular weight is 507 g/mol. The van der Waals surface area contributed by atoms with Crippen LogP contribution >= 0.6 is 11.6 Å². The van der Waals surface area contributed by atoms with Crippen molar-refractivity contribution in [3.8, 4) is 11.3 Å². The van der Waals surface area contributed by atoms with Crippen molar-refractivity contribution in [1.29, 1.82) is 0 Å². The van der Waals surface area contributed by atoms with Gasteiger partial charge in [-0.1, -0.05) is 11.6 Å². The molecule has 1 aromatic carbocycles. The van der Waals surface area contributed by atoms with Gasteiger partial charge in [0.15, 0.2) is 0 Å². The summed E-state index contributed by atoms with van der Waals surface area (Å²) in [6.45, 7) is 10.8. The average Bonchev–Trinajstić information content (AvgIpc) is 3.49. The van der Waals surface area contributed by atoms with E-state index in [1.165, 1.54) is 18.5 Å². The van der Waals surface area contributed by atoms with Crippen LogP contribution in [0.1, 0.15) is 22.8 Å². The Morgan fingerprint density at radius 3 is 2.94 bits per heavy atom. The van der Waals surface area contributed by atoms with Crippen LogP contribution in [0, 0.1) is 12.4 Å². The molecule has 0 spiro atoms. The van der Waals surface area contributed by atoms with Gasteiger partial charge in [-0.2, -0.15) is 5.10 Å². The summed E-state index contributed by atoms with van der Waals surface area (Å²) in [5.41, 5.74) is 2.43. The van der Waals surface area contributed by atoms with Crippen LogP contribution in [-0.4, -0.2) is 79.7 Å². The van der Waals surface area contributed by atoms with Gasteiger partial charge in [0, 0.05) is 54.5 Å². The van der Waals surface area contributed by atoms with E-state index in [9.17, 15) is 9.18 Å². The van der Waals surface area contributed by atoms with Crippen LogP contribution in [0.15, 0.2) is 49.2 Å². The number of nitrogens with one attached hydrogen (secondary N) is 1. The number of rotatable bonds is 6. The number of fused-ring (bicyclic) bond motifs is 1. The first-order chi connectivity index (χ1) is 17.5. The van der Waals surface area contributed by atoms with Crippen molar-refractivity contribution >= 4 is 28.5 Å². The highest BCUT2D eigenvalue weighted by Gasteiger charge is 2.26. The van der Waals surface area contributed by atoms with E-state index < -0.39 is 5.82 Å². The monoisotopic (exact) mass is 506 g/mol. The quantitative estimate of drug-likeness (QED) is 0.400. The topological polar surface area (TPSA) is 87.3 Å². The lowest BCUT2D eigenvalue weighted by Crippen LogP contribution is -2.37. The lowest BCUT2D eigenvalue weighted by atomic mass is 10.2. The van der Waals surface area contributed by atoms with E-state index in [-0.39, 0.29) is 29.1 Å². The van der Waals surface area contributed by atoms with Gasteiger partial charge in [-0.25, -0.2) is 20.9 Å². The van der Waals surface area contributed by atoms with Gasteiger partial charge in [0.2, 0.25) is 6.54 Å². The first-order valence-corrected chi connectivity index (χ1v) is 12.0. The summed E-state index contributed by atoms with van der Waals surface area (Å²) in [6, 6.07) is 5.89. The van der Waals surface area contributed by atoms with Crippen molar-refractivity contribution in [3.05, 3.63) is 77.0 Å². The lowest BCUT2D eigenvalue weighted by Gasteiger charge is -2.24. The lowest BCUT2D eigenvalue weighted by molar-refractivity contribution is 0.0756. The molecule has 1 aliphatic rings. The van der Waals surface area contributed by atoms with Gasteiger partial charge in [0.25, 0.3) is 5.91 Å². The Hall–Kier alpha value is -3.81. The van der Waals surface area contributed by atoms with Crippen LogP contribution in [0.25, 0.3) is 27.1 Å². The second-order valence-electron chi connectivity index (χ2n) is 8.74. The number of hydrogen-bond acceptors (Lipinski definition) is 5. The number of carbonyl (C=O) groups excluding carboxylic acids is 1. The molecule has 0 radical (unpaired) electrons. The van der Waals surface area contributed by atoms with Gasteiger partial charge < -0.3 is 14.7 Å². The fraction of sp³-hybridized carbons (Fsp3) is 0.320. The number of aromatic nitrogens is 5. The van der Waals surface area contributed by atoms with Crippen molar-refractivity contribution in [3.63, 3.8) is 0 Å². The molecule has 9 nitrogen and oxygen atoms in total. The molecule has 0 saturated carbocycles. The maximum atomic E-state index is 14.3. The Bertz CT molecular complexity index is 1430. The molecule has 4 heterocycles. The highest BCUT2D eigenvalue weighted by Crippen LogP contribution is 2.25. The Balaban J connectivity index is 1.28. The first kappa shape index (κ1) is 23.9. The van der Waals surface area contributed by atoms with Gasteiger partial charge >= 0.3 is 0 Å². The number of amides is 1. The molecule has 184 valence electrons. The first-order valence-electron chi connectivity index (χ1n) is 11.7. The molecule has 1 saturated heterocycles. The van der Waals surface area contributed by atoms with Crippen molar-refractivity contribution in [2.24, 2.45) is 0 Å².